The first-order valence-corrected chi connectivity index (χ1v) is 9.21. The van der Waals surface area contributed by atoms with E-state index in [2.05, 4.69) is 16.3 Å². The summed E-state index contributed by atoms with van der Waals surface area (Å²) in [4.78, 5) is 4.09. The van der Waals surface area contributed by atoms with Crippen molar-refractivity contribution in [1.29, 1.82) is 0 Å². The molecule has 0 aromatic carbocycles. The van der Waals surface area contributed by atoms with Crippen LogP contribution >= 0.6 is 22.9 Å². The van der Waals surface area contributed by atoms with Gasteiger partial charge in [-0.1, -0.05) is 24.4 Å². The summed E-state index contributed by atoms with van der Waals surface area (Å²) in [5.41, 5.74) is 0. The molecule has 1 saturated heterocycles. The monoisotopic (exact) mass is 312 g/mol. The van der Waals surface area contributed by atoms with Crippen molar-refractivity contribution in [1.82, 2.24) is 10.2 Å². The zero-order chi connectivity index (χ0) is 13.8. The van der Waals surface area contributed by atoms with Crippen molar-refractivity contribution in [3.05, 3.63) is 21.3 Å². The second-order valence-electron chi connectivity index (χ2n) is 6.17. The van der Waals surface area contributed by atoms with Crippen LogP contribution in [0.3, 0.4) is 0 Å². The minimum absolute atomic E-state index is 0.885. The summed E-state index contributed by atoms with van der Waals surface area (Å²) >= 11 is 7.64. The van der Waals surface area contributed by atoms with Gasteiger partial charge in [-0.3, -0.25) is 4.90 Å². The molecule has 2 nitrogen and oxygen atoms in total. The maximum Gasteiger partial charge on any atom is 0.0931 e. The maximum atomic E-state index is 5.95. The molecule has 1 aliphatic heterocycles. The van der Waals surface area contributed by atoms with Gasteiger partial charge in [0.15, 0.2) is 0 Å². The largest absolute Gasteiger partial charge is 0.311 e. The number of rotatable bonds is 5. The highest BCUT2D eigenvalue weighted by atomic mass is 35.5. The number of thiophene rings is 1. The molecule has 0 bridgehead atoms. The molecule has 4 heteroatoms. The second kappa shape index (κ2) is 7.26. The molecule has 0 radical (unpaired) electrons. The van der Waals surface area contributed by atoms with Gasteiger partial charge >= 0.3 is 0 Å². The van der Waals surface area contributed by atoms with Gasteiger partial charge in [0.2, 0.25) is 0 Å². The van der Waals surface area contributed by atoms with Crippen molar-refractivity contribution < 1.29 is 0 Å². The van der Waals surface area contributed by atoms with E-state index in [1.54, 1.807) is 11.3 Å². The summed E-state index contributed by atoms with van der Waals surface area (Å²) in [6.45, 7) is 4.58. The number of hydrogen-bond acceptors (Lipinski definition) is 3. The van der Waals surface area contributed by atoms with Gasteiger partial charge in [-0.2, -0.15) is 0 Å². The van der Waals surface area contributed by atoms with E-state index in [-0.39, 0.29) is 0 Å². The van der Waals surface area contributed by atoms with Gasteiger partial charge in [0, 0.05) is 30.6 Å². The minimum atomic E-state index is 0.885. The predicted molar refractivity (Wildman–Crippen MR) is 87.6 cm³/mol. The molecule has 2 atom stereocenters. The van der Waals surface area contributed by atoms with Crippen molar-refractivity contribution in [2.75, 3.05) is 19.6 Å². The number of hydrogen-bond donors (Lipinski definition) is 1. The van der Waals surface area contributed by atoms with Crippen molar-refractivity contribution in [2.45, 2.75) is 51.1 Å². The third-order valence-corrected chi connectivity index (χ3v) is 6.09. The lowest BCUT2D eigenvalue weighted by Gasteiger charge is -2.44. The van der Waals surface area contributed by atoms with Crippen molar-refractivity contribution in [3.8, 4) is 0 Å². The van der Waals surface area contributed by atoms with E-state index in [0.717, 1.165) is 29.4 Å². The Morgan fingerprint density at radius 2 is 2.05 bits per heavy atom. The van der Waals surface area contributed by atoms with Crippen LogP contribution in [0.25, 0.3) is 0 Å². The highest BCUT2D eigenvalue weighted by Gasteiger charge is 2.32. The normalized spacial score (nSPS) is 27.4. The molecule has 20 heavy (non-hydrogen) atoms. The molecule has 1 saturated carbocycles. The molecule has 2 heterocycles. The first kappa shape index (κ1) is 14.8. The van der Waals surface area contributed by atoms with E-state index >= 15 is 0 Å². The Bertz CT molecular complexity index is 418. The molecular formula is C16H25ClN2S. The lowest BCUT2D eigenvalue weighted by Crippen LogP contribution is -2.48. The minimum Gasteiger partial charge on any atom is -0.311 e. The Hall–Kier alpha value is -0.0900. The summed E-state index contributed by atoms with van der Waals surface area (Å²) in [5.74, 6) is 0.994. The molecule has 1 aromatic heterocycles. The number of piperidine rings is 1. The summed E-state index contributed by atoms with van der Waals surface area (Å²) in [6, 6.07) is 4.99. The van der Waals surface area contributed by atoms with Crippen molar-refractivity contribution >= 4 is 22.9 Å². The van der Waals surface area contributed by atoms with Crippen LogP contribution in [0.4, 0.5) is 0 Å². The van der Waals surface area contributed by atoms with Gasteiger partial charge in [0.05, 0.1) is 4.34 Å². The zero-order valence-electron chi connectivity index (χ0n) is 12.1. The molecule has 1 aromatic rings. The van der Waals surface area contributed by atoms with Crippen LogP contribution in [0, 0.1) is 5.92 Å². The van der Waals surface area contributed by atoms with E-state index in [9.17, 15) is 0 Å². The molecule has 2 fully saturated rings. The summed E-state index contributed by atoms with van der Waals surface area (Å²) in [5, 5.41) is 3.57. The lowest BCUT2D eigenvalue weighted by atomic mass is 9.78. The van der Waals surface area contributed by atoms with E-state index in [0.29, 0.717) is 0 Å². The SMILES string of the molecule is Clc1ccc(CNCCN2CCCC3CCCCC32)s1. The number of halogens is 1. The predicted octanol–water partition coefficient (Wildman–Crippen LogP) is 4.15. The van der Waals surface area contributed by atoms with E-state index in [1.807, 2.05) is 6.07 Å². The Morgan fingerprint density at radius 3 is 2.90 bits per heavy atom. The zero-order valence-corrected chi connectivity index (χ0v) is 13.7. The van der Waals surface area contributed by atoms with Crippen LogP contribution in [0.5, 0.6) is 0 Å². The topological polar surface area (TPSA) is 15.3 Å². The van der Waals surface area contributed by atoms with Crippen LogP contribution in [-0.4, -0.2) is 30.6 Å². The van der Waals surface area contributed by atoms with Crippen LogP contribution in [0.15, 0.2) is 12.1 Å². The molecule has 1 N–H and O–H groups in total. The van der Waals surface area contributed by atoms with Crippen LogP contribution in [0.2, 0.25) is 4.34 Å². The van der Waals surface area contributed by atoms with E-state index in [1.165, 1.54) is 56.5 Å². The fraction of sp³-hybridized carbons (Fsp3) is 0.750. The van der Waals surface area contributed by atoms with Crippen LogP contribution in [-0.2, 0) is 6.54 Å². The number of nitrogens with one attached hydrogen (secondary N) is 1. The van der Waals surface area contributed by atoms with Crippen molar-refractivity contribution in [2.24, 2.45) is 5.92 Å². The summed E-state index contributed by atoms with van der Waals surface area (Å²) < 4.78 is 0.892. The van der Waals surface area contributed by atoms with Gasteiger partial charge < -0.3 is 5.32 Å². The fourth-order valence-corrected chi connectivity index (χ4v) is 4.94. The first-order valence-electron chi connectivity index (χ1n) is 8.02. The van der Waals surface area contributed by atoms with Gasteiger partial charge in [0.25, 0.3) is 0 Å². The number of fused-ring (bicyclic) bond motifs is 1. The fourth-order valence-electron chi connectivity index (χ4n) is 3.89. The maximum absolute atomic E-state index is 5.95. The van der Waals surface area contributed by atoms with Crippen molar-refractivity contribution in [3.63, 3.8) is 0 Å². The lowest BCUT2D eigenvalue weighted by molar-refractivity contribution is 0.0618. The highest BCUT2D eigenvalue weighted by molar-refractivity contribution is 7.16. The molecule has 1 aliphatic carbocycles. The summed E-state index contributed by atoms with van der Waals surface area (Å²) in [6.07, 6.45) is 8.70. The Kier molecular flexibility index (Phi) is 5.38. The molecule has 2 unspecified atom stereocenters. The average Bonchev–Trinajstić information content (AvgIpc) is 2.89. The smallest absolute Gasteiger partial charge is 0.0931 e. The Labute approximate surface area is 131 Å². The number of likely N-dealkylation sites (tertiary alicyclic amines) is 1. The molecule has 3 rings (SSSR count). The van der Waals surface area contributed by atoms with Gasteiger partial charge in [-0.15, -0.1) is 11.3 Å². The third-order valence-electron chi connectivity index (χ3n) is 4.86. The van der Waals surface area contributed by atoms with E-state index < -0.39 is 0 Å². The molecule has 0 spiro atoms. The second-order valence-corrected chi connectivity index (χ2v) is 7.97. The molecule has 112 valence electrons. The highest BCUT2D eigenvalue weighted by Crippen LogP contribution is 2.34. The molecular weight excluding hydrogens is 288 g/mol. The average molecular weight is 313 g/mol. The standard InChI is InChI=1S/C16H25ClN2S/c17-16-8-7-14(20-16)12-18-9-11-19-10-3-5-13-4-1-2-6-15(13)19/h7-8,13,15,18H,1-6,9-12H2. The van der Waals surface area contributed by atoms with Gasteiger partial charge in [0.1, 0.15) is 0 Å². The Morgan fingerprint density at radius 1 is 1.20 bits per heavy atom. The quantitative estimate of drug-likeness (QED) is 0.822. The Balaban J connectivity index is 1.41. The van der Waals surface area contributed by atoms with Crippen LogP contribution < -0.4 is 5.32 Å². The number of nitrogens with zero attached hydrogens (tertiary/aromatic N) is 1. The molecule has 0 amide bonds. The molecule has 2 aliphatic rings. The van der Waals surface area contributed by atoms with E-state index in [4.69, 9.17) is 11.6 Å². The summed E-state index contributed by atoms with van der Waals surface area (Å²) in [7, 11) is 0. The van der Waals surface area contributed by atoms with Crippen LogP contribution in [0.1, 0.15) is 43.4 Å². The van der Waals surface area contributed by atoms with Gasteiger partial charge in [-0.25, -0.2) is 0 Å². The third kappa shape index (κ3) is 3.76. The van der Waals surface area contributed by atoms with Gasteiger partial charge in [-0.05, 0) is 50.3 Å². The first-order chi connectivity index (χ1) is 9.83.